The molecule has 16 heavy (non-hydrogen) atoms. The SMILES string of the molecule is CCOc1ccc(NC(=O)C(C)Br)cc1F. The van der Waals surface area contributed by atoms with Crippen LogP contribution in [0.1, 0.15) is 13.8 Å². The van der Waals surface area contributed by atoms with E-state index in [-0.39, 0.29) is 16.5 Å². The van der Waals surface area contributed by atoms with E-state index in [9.17, 15) is 9.18 Å². The standard InChI is InChI=1S/C11H13BrFNO2/c1-3-16-10-5-4-8(6-9(10)13)14-11(15)7(2)12/h4-7H,3H2,1-2H3,(H,14,15). The van der Waals surface area contributed by atoms with Gasteiger partial charge in [-0.3, -0.25) is 4.79 Å². The lowest BCUT2D eigenvalue weighted by Crippen LogP contribution is -2.19. The summed E-state index contributed by atoms with van der Waals surface area (Å²) >= 11 is 3.12. The molecule has 1 rings (SSSR count). The van der Waals surface area contributed by atoms with Crippen molar-refractivity contribution in [2.24, 2.45) is 0 Å². The molecule has 0 heterocycles. The number of alkyl halides is 1. The summed E-state index contributed by atoms with van der Waals surface area (Å²) in [6.07, 6.45) is 0. The van der Waals surface area contributed by atoms with Crippen LogP contribution in [0.3, 0.4) is 0 Å². The number of ether oxygens (including phenoxy) is 1. The number of nitrogens with one attached hydrogen (secondary N) is 1. The van der Waals surface area contributed by atoms with Crippen LogP contribution in [0.25, 0.3) is 0 Å². The minimum atomic E-state index is -0.484. The smallest absolute Gasteiger partial charge is 0.237 e. The van der Waals surface area contributed by atoms with Crippen molar-refractivity contribution in [2.45, 2.75) is 18.7 Å². The molecule has 0 saturated carbocycles. The van der Waals surface area contributed by atoms with Crippen molar-refractivity contribution in [1.82, 2.24) is 0 Å². The Morgan fingerprint density at radius 1 is 1.62 bits per heavy atom. The van der Waals surface area contributed by atoms with Crippen molar-refractivity contribution in [3.05, 3.63) is 24.0 Å². The van der Waals surface area contributed by atoms with E-state index < -0.39 is 5.82 Å². The van der Waals surface area contributed by atoms with Crippen LogP contribution in [-0.4, -0.2) is 17.3 Å². The Labute approximate surface area is 102 Å². The van der Waals surface area contributed by atoms with Crippen molar-refractivity contribution >= 4 is 27.5 Å². The molecule has 1 aromatic rings. The number of carbonyl (C=O) groups is 1. The number of benzene rings is 1. The predicted octanol–water partition coefficient (Wildman–Crippen LogP) is 2.95. The van der Waals surface area contributed by atoms with Gasteiger partial charge in [-0.05, 0) is 26.0 Å². The minimum Gasteiger partial charge on any atom is -0.491 e. The molecule has 1 aromatic carbocycles. The zero-order valence-corrected chi connectivity index (χ0v) is 10.7. The van der Waals surface area contributed by atoms with E-state index in [1.54, 1.807) is 19.9 Å². The first kappa shape index (κ1) is 13.0. The summed E-state index contributed by atoms with van der Waals surface area (Å²) in [5, 5.41) is 2.57. The normalized spacial score (nSPS) is 12.0. The first-order valence-electron chi connectivity index (χ1n) is 4.92. The zero-order valence-electron chi connectivity index (χ0n) is 9.09. The summed E-state index contributed by atoms with van der Waals surface area (Å²) in [5.41, 5.74) is 0.414. The molecule has 3 nitrogen and oxygen atoms in total. The molecular formula is C11H13BrFNO2. The topological polar surface area (TPSA) is 38.3 Å². The molecule has 0 fully saturated rings. The third-order valence-electron chi connectivity index (χ3n) is 1.86. The molecular weight excluding hydrogens is 277 g/mol. The lowest BCUT2D eigenvalue weighted by molar-refractivity contribution is -0.115. The molecule has 1 N–H and O–H groups in total. The predicted molar refractivity (Wildman–Crippen MR) is 64.6 cm³/mol. The summed E-state index contributed by atoms with van der Waals surface area (Å²) < 4.78 is 18.4. The number of hydrogen-bond donors (Lipinski definition) is 1. The molecule has 0 bridgehead atoms. The Bertz CT molecular complexity index is 382. The molecule has 0 aliphatic rings. The van der Waals surface area contributed by atoms with Crippen molar-refractivity contribution in [1.29, 1.82) is 0 Å². The monoisotopic (exact) mass is 289 g/mol. The molecule has 0 aliphatic carbocycles. The quantitative estimate of drug-likeness (QED) is 0.866. The Balaban J connectivity index is 2.77. The second kappa shape index (κ2) is 5.84. The first-order valence-corrected chi connectivity index (χ1v) is 5.83. The van der Waals surface area contributed by atoms with Crippen molar-refractivity contribution in [3.8, 4) is 5.75 Å². The van der Waals surface area contributed by atoms with Crippen LogP contribution in [0.5, 0.6) is 5.75 Å². The van der Waals surface area contributed by atoms with Crippen molar-refractivity contribution in [2.75, 3.05) is 11.9 Å². The molecule has 5 heteroatoms. The summed E-state index contributed by atoms with van der Waals surface area (Å²) in [4.78, 5) is 11.0. The number of anilines is 1. The highest BCUT2D eigenvalue weighted by molar-refractivity contribution is 9.10. The van der Waals surface area contributed by atoms with Gasteiger partial charge < -0.3 is 10.1 Å². The molecule has 0 spiro atoms. The molecule has 1 amide bonds. The summed E-state index contributed by atoms with van der Waals surface area (Å²) in [5.74, 6) is -0.516. The fraction of sp³-hybridized carbons (Fsp3) is 0.364. The van der Waals surface area contributed by atoms with E-state index in [1.165, 1.54) is 12.1 Å². The second-order valence-corrected chi connectivity index (χ2v) is 4.56. The maximum absolute atomic E-state index is 13.4. The van der Waals surface area contributed by atoms with E-state index in [0.717, 1.165) is 0 Å². The Hall–Kier alpha value is -1.10. The average Bonchev–Trinajstić information content (AvgIpc) is 2.22. The minimum absolute atomic E-state index is 0.187. The van der Waals surface area contributed by atoms with Crippen LogP contribution in [0.2, 0.25) is 0 Å². The highest BCUT2D eigenvalue weighted by Crippen LogP contribution is 2.21. The van der Waals surface area contributed by atoms with Crippen LogP contribution in [0, 0.1) is 5.82 Å². The largest absolute Gasteiger partial charge is 0.491 e. The van der Waals surface area contributed by atoms with E-state index in [0.29, 0.717) is 12.3 Å². The zero-order chi connectivity index (χ0) is 12.1. The fourth-order valence-electron chi connectivity index (χ4n) is 1.09. The Kier molecular flexibility index (Phi) is 4.73. The molecule has 0 saturated heterocycles. The Morgan fingerprint density at radius 2 is 2.31 bits per heavy atom. The van der Waals surface area contributed by atoms with Gasteiger partial charge in [-0.25, -0.2) is 4.39 Å². The second-order valence-electron chi connectivity index (χ2n) is 3.18. The molecule has 1 unspecified atom stereocenters. The molecule has 88 valence electrons. The maximum atomic E-state index is 13.4. The van der Waals surface area contributed by atoms with Gasteiger partial charge in [0.1, 0.15) is 0 Å². The van der Waals surface area contributed by atoms with E-state index in [2.05, 4.69) is 21.2 Å². The average molecular weight is 290 g/mol. The van der Waals surface area contributed by atoms with Crippen LogP contribution in [0.15, 0.2) is 18.2 Å². The summed E-state index contributed by atoms with van der Waals surface area (Å²) in [7, 11) is 0. The lowest BCUT2D eigenvalue weighted by Gasteiger charge is -2.09. The maximum Gasteiger partial charge on any atom is 0.237 e. The fourth-order valence-corrected chi connectivity index (χ4v) is 1.21. The van der Waals surface area contributed by atoms with Gasteiger partial charge in [0.05, 0.1) is 11.4 Å². The molecule has 0 aromatic heterocycles. The van der Waals surface area contributed by atoms with Gasteiger partial charge in [0.15, 0.2) is 11.6 Å². The number of amides is 1. The highest BCUT2D eigenvalue weighted by atomic mass is 79.9. The number of hydrogen-bond acceptors (Lipinski definition) is 2. The van der Waals surface area contributed by atoms with Gasteiger partial charge in [-0.1, -0.05) is 15.9 Å². The van der Waals surface area contributed by atoms with Crippen molar-refractivity contribution < 1.29 is 13.9 Å². The van der Waals surface area contributed by atoms with Crippen LogP contribution in [0.4, 0.5) is 10.1 Å². The lowest BCUT2D eigenvalue weighted by atomic mass is 10.3. The van der Waals surface area contributed by atoms with E-state index >= 15 is 0 Å². The Morgan fingerprint density at radius 3 is 2.81 bits per heavy atom. The molecule has 1 atom stereocenters. The number of rotatable bonds is 4. The number of carbonyl (C=O) groups excluding carboxylic acids is 1. The van der Waals surface area contributed by atoms with Crippen LogP contribution in [-0.2, 0) is 4.79 Å². The molecule has 0 radical (unpaired) electrons. The van der Waals surface area contributed by atoms with Gasteiger partial charge in [-0.15, -0.1) is 0 Å². The third kappa shape index (κ3) is 3.48. The first-order chi connectivity index (χ1) is 7.54. The van der Waals surface area contributed by atoms with Gasteiger partial charge in [0, 0.05) is 11.8 Å². The van der Waals surface area contributed by atoms with Gasteiger partial charge in [0.25, 0.3) is 0 Å². The van der Waals surface area contributed by atoms with Crippen LogP contribution >= 0.6 is 15.9 Å². The van der Waals surface area contributed by atoms with Gasteiger partial charge >= 0.3 is 0 Å². The van der Waals surface area contributed by atoms with E-state index in [4.69, 9.17) is 4.74 Å². The number of halogens is 2. The van der Waals surface area contributed by atoms with Crippen LogP contribution < -0.4 is 10.1 Å². The van der Waals surface area contributed by atoms with Crippen molar-refractivity contribution in [3.63, 3.8) is 0 Å². The van der Waals surface area contributed by atoms with E-state index in [1.807, 2.05) is 0 Å². The highest BCUT2D eigenvalue weighted by Gasteiger charge is 2.10. The molecule has 0 aliphatic heterocycles. The van der Waals surface area contributed by atoms with Gasteiger partial charge in [-0.2, -0.15) is 0 Å². The summed E-state index contributed by atoms with van der Waals surface area (Å²) in [6, 6.07) is 4.33. The third-order valence-corrected chi connectivity index (χ3v) is 2.28. The van der Waals surface area contributed by atoms with Gasteiger partial charge in [0.2, 0.25) is 5.91 Å². The summed E-state index contributed by atoms with van der Waals surface area (Å²) in [6.45, 7) is 3.88.